The average Bonchev–Trinajstić information content (AvgIpc) is 2.70. The first kappa shape index (κ1) is 21.6. The van der Waals surface area contributed by atoms with E-state index < -0.39 is 29.4 Å². The summed E-state index contributed by atoms with van der Waals surface area (Å²) < 4.78 is 10.2. The van der Waals surface area contributed by atoms with Crippen molar-refractivity contribution in [2.75, 3.05) is 12.5 Å². The first-order valence-corrected chi connectivity index (χ1v) is 9.01. The largest absolute Gasteiger partial charge is 0.461 e. The molecule has 0 aliphatic carbocycles. The maximum atomic E-state index is 12.7. The Balaban J connectivity index is 2.30. The number of azide groups is 1. The lowest BCUT2D eigenvalue weighted by molar-refractivity contribution is -0.151. The van der Waals surface area contributed by atoms with Gasteiger partial charge in [0.15, 0.2) is 6.04 Å². The van der Waals surface area contributed by atoms with Crippen LogP contribution >= 0.6 is 23.2 Å². The van der Waals surface area contributed by atoms with Gasteiger partial charge in [0.1, 0.15) is 24.4 Å². The number of ether oxygens (including phenoxy) is 2. The van der Waals surface area contributed by atoms with E-state index in [1.165, 1.54) is 6.92 Å². The fourth-order valence-corrected chi connectivity index (χ4v) is 2.95. The summed E-state index contributed by atoms with van der Waals surface area (Å²) in [7, 11) is 0. The molecule has 0 radical (unpaired) electrons. The number of rotatable bonds is 8. The van der Waals surface area contributed by atoms with Crippen LogP contribution in [0.3, 0.4) is 0 Å². The van der Waals surface area contributed by atoms with Gasteiger partial charge in [0.2, 0.25) is 5.91 Å². The first-order chi connectivity index (χ1) is 13.4. The number of esters is 2. The van der Waals surface area contributed by atoms with Crippen molar-refractivity contribution in [3.05, 3.63) is 57.6 Å². The van der Waals surface area contributed by atoms with Crippen LogP contribution in [0.15, 0.2) is 46.7 Å². The second-order valence-electron chi connectivity index (χ2n) is 5.66. The Hall–Kier alpha value is -2.74. The molecule has 11 heteroatoms. The van der Waals surface area contributed by atoms with Crippen molar-refractivity contribution >= 4 is 41.0 Å². The van der Waals surface area contributed by atoms with Gasteiger partial charge >= 0.3 is 11.9 Å². The molecule has 1 aromatic rings. The molecule has 1 fully saturated rings. The van der Waals surface area contributed by atoms with Crippen LogP contribution in [0.4, 0.5) is 0 Å². The molecule has 0 aromatic heterocycles. The minimum absolute atomic E-state index is 0.0545. The summed E-state index contributed by atoms with van der Waals surface area (Å²) in [6, 6.07) is 7.73. The van der Waals surface area contributed by atoms with E-state index in [0.717, 1.165) is 10.5 Å². The molecule has 0 saturated carbocycles. The molecular formula is C17H16Cl2N4O5. The zero-order valence-electron chi connectivity index (χ0n) is 14.7. The molecule has 2 unspecified atom stereocenters. The molecule has 0 bridgehead atoms. The van der Waals surface area contributed by atoms with Gasteiger partial charge in [-0.3, -0.25) is 14.5 Å². The van der Waals surface area contributed by atoms with Crippen LogP contribution in [0.25, 0.3) is 10.4 Å². The zero-order chi connectivity index (χ0) is 20.7. The van der Waals surface area contributed by atoms with Crippen LogP contribution in [0.2, 0.25) is 0 Å². The Morgan fingerprint density at radius 1 is 1.29 bits per heavy atom. The van der Waals surface area contributed by atoms with Gasteiger partial charge in [-0.15, -0.1) is 11.6 Å². The minimum atomic E-state index is -1.16. The van der Waals surface area contributed by atoms with Crippen LogP contribution in [0.5, 0.6) is 0 Å². The third-order valence-corrected chi connectivity index (χ3v) is 4.52. The zero-order valence-corrected chi connectivity index (χ0v) is 16.3. The molecule has 9 nitrogen and oxygen atoms in total. The number of β-lactam (4-membered cyclic amide) rings is 1. The van der Waals surface area contributed by atoms with E-state index >= 15 is 0 Å². The Morgan fingerprint density at radius 2 is 1.96 bits per heavy atom. The van der Waals surface area contributed by atoms with Gasteiger partial charge in [-0.25, -0.2) is 4.79 Å². The van der Waals surface area contributed by atoms with E-state index in [9.17, 15) is 14.4 Å². The van der Waals surface area contributed by atoms with E-state index in [1.54, 1.807) is 24.3 Å². The standard InChI is InChI=1S/C17H16Cl2N4O5/c1-10(24)27-9-12(7-18)14(23-15(19)13(16(23)25)21-22-20)17(26)28-8-11-5-3-2-4-6-11/h2-6,13,15H,7-9H2,1H3. The van der Waals surface area contributed by atoms with Gasteiger partial charge in [0.05, 0.1) is 0 Å². The number of alkyl halides is 2. The third kappa shape index (κ3) is 4.95. The number of likely N-dealkylation sites (tertiary alicyclic amines) is 1. The highest BCUT2D eigenvalue weighted by molar-refractivity contribution is 6.27. The number of hydrogen-bond donors (Lipinski definition) is 0. The highest BCUT2D eigenvalue weighted by Crippen LogP contribution is 2.33. The molecule has 148 valence electrons. The Bertz CT molecular complexity index is 839. The van der Waals surface area contributed by atoms with Crippen LogP contribution < -0.4 is 0 Å². The van der Waals surface area contributed by atoms with Crippen molar-refractivity contribution in [3.63, 3.8) is 0 Å². The van der Waals surface area contributed by atoms with Crippen LogP contribution in [0, 0.1) is 0 Å². The van der Waals surface area contributed by atoms with Gasteiger partial charge < -0.3 is 9.47 Å². The summed E-state index contributed by atoms with van der Waals surface area (Å²) in [5.74, 6) is -2.37. The predicted octanol–water partition coefficient (Wildman–Crippen LogP) is 2.87. The molecule has 0 spiro atoms. The Labute approximate surface area is 170 Å². The Kier molecular flexibility index (Phi) is 7.69. The quantitative estimate of drug-likeness (QED) is 0.0923. The molecule has 1 amide bonds. The van der Waals surface area contributed by atoms with Crippen LogP contribution in [-0.4, -0.2) is 46.8 Å². The van der Waals surface area contributed by atoms with Gasteiger partial charge in [-0.2, -0.15) is 0 Å². The van der Waals surface area contributed by atoms with Crippen molar-refractivity contribution < 1.29 is 23.9 Å². The minimum Gasteiger partial charge on any atom is -0.461 e. The molecule has 1 saturated heterocycles. The number of halogens is 2. The summed E-state index contributed by atoms with van der Waals surface area (Å²) in [4.78, 5) is 39.7. The first-order valence-electron chi connectivity index (χ1n) is 8.04. The lowest BCUT2D eigenvalue weighted by atomic mass is 10.0. The monoisotopic (exact) mass is 426 g/mol. The molecule has 2 rings (SSSR count). The van der Waals surface area contributed by atoms with Gasteiger partial charge in [0, 0.05) is 23.3 Å². The smallest absolute Gasteiger partial charge is 0.355 e. The lowest BCUT2D eigenvalue weighted by Crippen LogP contribution is -2.61. The molecule has 1 heterocycles. The highest BCUT2D eigenvalue weighted by Gasteiger charge is 2.50. The van der Waals surface area contributed by atoms with Crippen molar-refractivity contribution in [1.82, 2.24) is 4.90 Å². The molecule has 1 aliphatic heterocycles. The van der Waals surface area contributed by atoms with E-state index in [1.807, 2.05) is 6.07 Å². The number of carbonyl (C=O) groups excluding carboxylic acids is 3. The maximum absolute atomic E-state index is 12.7. The second-order valence-corrected chi connectivity index (χ2v) is 6.37. The van der Waals surface area contributed by atoms with E-state index in [0.29, 0.717) is 0 Å². The molecular weight excluding hydrogens is 411 g/mol. The van der Waals surface area contributed by atoms with Crippen LogP contribution in [-0.2, 0) is 30.5 Å². The number of benzene rings is 1. The SMILES string of the molecule is CC(=O)OCC(CCl)=C(C(=O)OCc1ccccc1)N1C(=O)C(N=[N+]=[N-])C1Cl. The fraction of sp³-hybridized carbons (Fsp3) is 0.353. The highest BCUT2D eigenvalue weighted by atomic mass is 35.5. The topological polar surface area (TPSA) is 122 Å². The molecule has 2 atom stereocenters. The average molecular weight is 427 g/mol. The number of nitrogens with zero attached hydrogens (tertiary/aromatic N) is 4. The Morgan fingerprint density at radius 3 is 2.50 bits per heavy atom. The van der Waals surface area contributed by atoms with Gasteiger partial charge in [-0.1, -0.05) is 47.0 Å². The summed E-state index contributed by atoms with van der Waals surface area (Å²) in [5, 5.41) is 3.30. The fourth-order valence-electron chi connectivity index (χ4n) is 2.40. The second kappa shape index (κ2) is 9.98. The summed E-state index contributed by atoms with van der Waals surface area (Å²) in [6.45, 7) is 0.811. The maximum Gasteiger partial charge on any atom is 0.355 e. The van der Waals surface area contributed by atoms with Crippen molar-refractivity contribution in [2.24, 2.45) is 5.11 Å². The third-order valence-electron chi connectivity index (χ3n) is 3.77. The number of carbonyl (C=O) groups is 3. The van der Waals surface area contributed by atoms with Gasteiger partial charge in [0.25, 0.3) is 0 Å². The van der Waals surface area contributed by atoms with E-state index in [2.05, 4.69) is 10.0 Å². The van der Waals surface area contributed by atoms with E-state index in [4.69, 9.17) is 38.2 Å². The molecule has 0 N–H and O–H groups in total. The predicted molar refractivity (Wildman–Crippen MR) is 100 cm³/mol. The normalized spacial score (nSPS) is 19.1. The van der Waals surface area contributed by atoms with Crippen molar-refractivity contribution in [3.8, 4) is 0 Å². The summed E-state index contributed by atoms with van der Waals surface area (Å²) in [5.41, 5.74) is 8.06. The van der Waals surface area contributed by atoms with Crippen molar-refractivity contribution in [2.45, 2.75) is 25.1 Å². The van der Waals surface area contributed by atoms with E-state index in [-0.39, 0.29) is 30.4 Å². The number of hydrogen-bond acceptors (Lipinski definition) is 6. The number of amides is 1. The molecule has 1 aromatic carbocycles. The molecule has 28 heavy (non-hydrogen) atoms. The van der Waals surface area contributed by atoms with Gasteiger partial charge in [-0.05, 0) is 11.1 Å². The van der Waals surface area contributed by atoms with Crippen LogP contribution in [0.1, 0.15) is 12.5 Å². The molecule has 1 aliphatic rings. The van der Waals surface area contributed by atoms with Crippen molar-refractivity contribution in [1.29, 1.82) is 0 Å². The lowest BCUT2D eigenvalue weighted by Gasteiger charge is -2.42. The summed E-state index contributed by atoms with van der Waals surface area (Å²) >= 11 is 12.0. The summed E-state index contributed by atoms with van der Waals surface area (Å²) in [6.07, 6.45) is 0.